The van der Waals surface area contributed by atoms with Crippen LogP contribution in [0, 0.1) is 0 Å². The van der Waals surface area contributed by atoms with Gasteiger partial charge in [0.2, 0.25) is 0 Å². The number of unbranched alkanes of at least 4 members (excludes halogenated alkanes) is 3. The van der Waals surface area contributed by atoms with E-state index < -0.39 is 7.26 Å². The number of hydrazine groups is 1. The molecular formula is C25H32N3PS. The van der Waals surface area contributed by atoms with E-state index in [1.54, 1.807) is 0 Å². The normalized spacial score (nSPS) is 11.6. The van der Waals surface area contributed by atoms with E-state index in [0.717, 1.165) is 13.0 Å². The molecule has 3 nitrogen and oxygen atoms in total. The van der Waals surface area contributed by atoms with Gasteiger partial charge < -0.3 is 0 Å². The Morgan fingerprint density at radius 2 is 1.10 bits per heavy atom. The van der Waals surface area contributed by atoms with Crippen LogP contribution in [0.2, 0.25) is 0 Å². The standard InChI is InChI=1S/C25H32N3PS/c26-28-25(30)27-20-12-1-2-13-21-29(22-14-6-3-7-15-22,23-16-8-4-9-17-23)24-18-10-5-11-19-24/h3-11,14-19,29H,1-2,12-13,20-21,26H2,(H2,27,28,30). The van der Waals surface area contributed by atoms with Crippen LogP contribution in [0.3, 0.4) is 0 Å². The van der Waals surface area contributed by atoms with Crippen molar-refractivity contribution in [3.8, 4) is 0 Å². The summed E-state index contributed by atoms with van der Waals surface area (Å²) in [5.41, 5.74) is 2.47. The van der Waals surface area contributed by atoms with E-state index in [2.05, 4.69) is 102 Å². The second-order valence-electron chi connectivity index (χ2n) is 7.57. The molecule has 0 fully saturated rings. The summed E-state index contributed by atoms with van der Waals surface area (Å²) in [6.07, 6.45) is 5.92. The summed E-state index contributed by atoms with van der Waals surface area (Å²) in [5, 5.41) is 8.10. The van der Waals surface area contributed by atoms with Crippen molar-refractivity contribution in [1.82, 2.24) is 10.7 Å². The van der Waals surface area contributed by atoms with Gasteiger partial charge >= 0.3 is 186 Å². The van der Waals surface area contributed by atoms with Gasteiger partial charge in [-0.25, -0.2) is 0 Å². The van der Waals surface area contributed by atoms with E-state index >= 15 is 0 Å². The van der Waals surface area contributed by atoms with Gasteiger partial charge in [0.1, 0.15) is 0 Å². The molecule has 0 saturated carbocycles. The molecule has 0 unspecified atom stereocenters. The van der Waals surface area contributed by atoms with Crippen molar-refractivity contribution in [1.29, 1.82) is 0 Å². The second kappa shape index (κ2) is 11.8. The van der Waals surface area contributed by atoms with Gasteiger partial charge in [-0.3, -0.25) is 0 Å². The Bertz CT molecular complexity index is 791. The summed E-state index contributed by atoms with van der Waals surface area (Å²) in [6.45, 7) is 0.863. The molecule has 0 spiro atoms. The number of hydrogen-bond acceptors (Lipinski definition) is 2. The molecule has 0 radical (unpaired) electrons. The number of nitrogens with one attached hydrogen (secondary N) is 2. The molecule has 0 aromatic heterocycles. The first kappa shape index (κ1) is 22.4. The van der Waals surface area contributed by atoms with Crippen molar-refractivity contribution in [2.75, 3.05) is 12.7 Å². The Balaban J connectivity index is 1.80. The maximum atomic E-state index is 5.30. The summed E-state index contributed by atoms with van der Waals surface area (Å²) in [7, 11) is -2.08. The molecule has 0 heterocycles. The molecule has 0 aliphatic heterocycles. The van der Waals surface area contributed by atoms with Gasteiger partial charge in [0.15, 0.2) is 0 Å². The zero-order valence-corrected chi connectivity index (χ0v) is 19.2. The first-order valence-corrected chi connectivity index (χ1v) is 13.3. The van der Waals surface area contributed by atoms with Crippen LogP contribution in [-0.2, 0) is 0 Å². The van der Waals surface area contributed by atoms with Crippen molar-refractivity contribution < 1.29 is 0 Å². The Morgan fingerprint density at radius 3 is 1.53 bits per heavy atom. The monoisotopic (exact) mass is 437 g/mol. The fraction of sp³-hybridized carbons (Fsp3) is 0.240. The van der Waals surface area contributed by atoms with Crippen LogP contribution in [0.25, 0.3) is 0 Å². The quantitative estimate of drug-likeness (QED) is 0.149. The fourth-order valence-corrected chi connectivity index (χ4v) is 9.26. The predicted molar refractivity (Wildman–Crippen MR) is 138 cm³/mol. The topological polar surface area (TPSA) is 50.1 Å². The predicted octanol–water partition coefficient (Wildman–Crippen LogP) is 3.61. The summed E-state index contributed by atoms with van der Waals surface area (Å²) >= 11 is 5.03. The summed E-state index contributed by atoms with van der Waals surface area (Å²) in [6, 6.07) is 33.4. The molecule has 3 aromatic carbocycles. The van der Waals surface area contributed by atoms with E-state index in [1.807, 2.05) is 0 Å². The first-order valence-electron chi connectivity index (χ1n) is 10.7. The SMILES string of the molecule is NNC(=S)NCCCCCC[PH](c1ccccc1)(c1ccccc1)c1ccccc1. The summed E-state index contributed by atoms with van der Waals surface area (Å²) in [5.74, 6) is 5.30. The molecule has 158 valence electrons. The molecule has 0 saturated heterocycles. The fourth-order valence-electron chi connectivity index (χ4n) is 4.22. The molecule has 0 aliphatic carbocycles. The van der Waals surface area contributed by atoms with Crippen LogP contribution in [0.15, 0.2) is 91.0 Å². The Morgan fingerprint density at radius 1 is 0.667 bits per heavy atom. The molecule has 30 heavy (non-hydrogen) atoms. The summed E-state index contributed by atoms with van der Waals surface area (Å²) in [4.78, 5) is 0. The number of nitrogens with two attached hydrogens (primary N) is 1. The number of rotatable bonds is 10. The van der Waals surface area contributed by atoms with Gasteiger partial charge in [-0.05, 0) is 0 Å². The third kappa shape index (κ3) is 5.66. The Labute approximate surface area is 186 Å². The number of thiocarbonyl (C=S) groups is 1. The van der Waals surface area contributed by atoms with Crippen molar-refractivity contribution in [3.05, 3.63) is 91.0 Å². The zero-order valence-electron chi connectivity index (χ0n) is 17.4. The zero-order chi connectivity index (χ0) is 21.1. The van der Waals surface area contributed by atoms with E-state index in [4.69, 9.17) is 18.1 Å². The summed E-state index contributed by atoms with van der Waals surface area (Å²) < 4.78 is 0. The minimum absolute atomic E-state index is 0.513. The molecule has 5 heteroatoms. The minimum atomic E-state index is -2.08. The molecule has 3 rings (SSSR count). The molecule has 3 aromatic rings. The third-order valence-electron chi connectivity index (χ3n) is 5.69. The first-order chi connectivity index (χ1) is 14.8. The van der Waals surface area contributed by atoms with E-state index in [1.165, 1.54) is 41.3 Å². The van der Waals surface area contributed by atoms with Crippen molar-refractivity contribution >= 4 is 40.5 Å². The van der Waals surface area contributed by atoms with E-state index in [-0.39, 0.29) is 0 Å². The van der Waals surface area contributed by atoms with Crippen LogP contribution in [0.1, 0.15) is 25.7 Å². The van der Waals surface area contributed by atoms with Gasteiger partial charge in [0.05, 0.1) is 0 Å². The van der Waals surface area contributed by atoms with Gasteiger partial charge in [-0.2, -0.15) is 0 Å². The van der Waals surface area contributed by atoms with Gasteiger partial charge in [0.25, 0.3) is 0 Å². The average molecular weight is 438 g/mol. The van der Waals surface area contributed by atoms with E-state index in [0.29, 0.717) is 5.11 Å². The van der Waals surface area contributed by atoms with Gasteiger partial charge in [-0.15, -0.1) is 0 Å². The van der Waals surface area contributed by atoms with Crippen LogP contribution in [-0.4, -0.2) is 17.8 Å². The number of benzene rings is 3. The van der Waals surface area contributed by atoms with Crippen molar-refractivity contribution in [2.24, 2.45) is 5.84 Å². The second-order valence-corrected chi connectivity index (χ2v) is 12.0. The molecule has 0 atom stereocenters. The molecule has 4 N–H and O–H groups in total. The van der Waals surface area contributed by atoms with Gasteiger partial charge in [-0.1, -0.05) is 0 Å². The van der Waals surface area contributed by atoms with Crippen molar-refractivity contribution in [2.45, 2.75) is 25.7 Å². The molecule has 0 aliphatic rings. The van der Waals surface area contributed by atoms with Gasteiger partial charge in [0, 0.05) is 0 Å². The van der Waals surface area contributed by atoms with Crippen LogP contribution < -0.4 is 32.5 Å². The Kier molecular flexibility index (Phi) is 8.82. The third-order valence-corrected chi connectivity index (χ3v) is 11.0. The van der Waals surface area contributed by atoms with Crippen LogP contribution in [0.4, 0.5) is 0 Å². The van der Waals surface area contributed by atoms with Crippen LogP contribution in [0.5, 0.6) is 0 Å². The Hall–Kier alpha value is -2.26. The molecular weight excluding hydrogens is 405 g/mol. The molecule has 0 amide bonds. The molecule has 0 bridgehead atoms. The van der Waals surface area contributed by atoms with E-state index in [9.17, 15) is 0 Å². The average Bonchev–Trinajstić information content (AvgIpc) is 2.82. The van der Waals surface area contributed by atoms with Crippen LogP contribution >= 0.6 is 19.5 Å². The van der Waals surface area contributed by atoms with Crippen molar-refractivity contribution in [3.63, 3.8) is 0 Å². The maximum absolute atomic E-state index is 5.30. The number of hydrogen-bond donors (Lipinski definition) is 3.